The molecule has 1 N–H and O–H groups in total. The van der Waals surface area contributed by atoms with Crippen LogP contribution in [0.5, 0.6) is 0 Å². The van der Waals surface area contributed by atoms with E-state index in [1.807, 2.05) is 0 Å². The number of rotatable bonds is 4. The Hall–Kier alpha value is -0.650. The van der Waals surface area contributed by atoms with Crippen molar-refractivity contribution >= 4 is 5.91 Å². The second-order valence-electron chi connectivity index (χ2n) is 5.21. The minimum Gasteiger partial charge on any atom is -0.388 e. The van der Waals surface area contributed by atoms with Crippen molar-refractivity contribution in [3.8, 4) is 0 Å². The van der Waals surface area contributed by atoms with Crippen LogP contribution in [0.4, 0.5) is 0 Å². The number of amides is 1. The molecule has 1 amide bonds. The Morgan fingerprint density at radius 2 is 2.00 bits per heavy atom. The fraction of sp³-hybridized carbons (Fsp3) is 0.917. The van der Waals surface area contributed by atoms with Crippen LogP contribution in [0.15, 0.2) is 0 Å². The smallest absolute Gasteiger partial charge is 0.254 e. The first kappa shape index (κ1) is 14.4. The molecule has 0 aromatic heterocycles. The van der Waals surface area contributed by atoms with E-state index in [2.05, 4.69) is 0 Å². The van der Waals surface area contributed by atoms with Crippen LogP contribution in [0.3, 0.4) is 0 Å². The molecule has 0 aromatic rings. The summed E-state index contributed by atoms with van der Waals surface area (Å²) in [6, 6.07) is 0. The molecule has 1 heterocycles. The molecule has 17 heavy (non-hydrogen) atoms. The highest BCUT2D eigenvalue weighted by Crippen LogP contribution is 2.22. The highest BCUT2D eigenvalue weighted by molar-refractivity contribution is 5.84. The zero-order valence-corrected chi connectivity index (χ0v) is 11.2. The molecule has 0 bridgehead atoms. The number of hydrogen-bond acceptors (Lipinski definition) is 4. The standard InChI is InChI=1S/C12H23NO4/c1-11(2,16-4)10(14)13(3)9-12(15)5-7-17-8-6-12/h15H,5-9H2,1-4H3. The average Bonchev–Trinajstić information content (AvgIpc) is 2.28. The molecule has 1 rings (SSSR count). The summed E-state index contributed by atoms with van der Waals surface area (Å²) in [4.78, 5) is 13.6. The number of hydrogen-bond donors (Lipinski definition) is 1. The van der Waals surface area contributed by atoms with Gasteiger partial charge in [-0.15, -0.1) is 0 Å². The zero-order chi connectivity index (χ0) is 13.1. The largest absolute Gasteiger partial charge is 0.388 e. The Bertz CT molecular complexity index is 272. The topological polar surface area (TPSA) is 59.0 Å². The fourth-order valence-electron chi connectivity index (χ4n) is 1.97. The maximum atomic E-state index is 12.1. The van der Waals surface area contributed by atoms with Crippen molar-refractivity contribution < 1.29 is 19.4 Å². The Morgan fingerprint density at radius 1 is 1.47 bits per heavy atom. The van der Waals surface area contributed by atoms with Gasteiger partial charge in [-0.2, -0.15) is 0 Å². The van der Waals surface area contributed by atoms with Crippen molar-refractivity contribution in [3.05, 3.63) is 0 Å². The van der Waals surface area contributed by atoms with Gasteiger partial charge in [0.05, 0.1) is 5.60 Å². The summed E-state index contributed by atoms with van der Waals surface area (Å²) in [7, 11) is 3.20. The summed E-state index contributed by atoms with van der Waals surface area (Å²) in [5, 5.41) is 10.3. The van der Waals surface area contributed by atoms with Crippen LogP contribution in [-0.4, -0.2) is 61.0 Å². The van der Waals surface area contributed by atoms with Crippen LogP contribution in [0.1, 0.15) is 26.7 Å². The lowest BCUT2D eigenvalue weighted by atomic mass is 9.93. The first-order valence-electron chi connectivity index (χ1n) is 5.92. The summed E-state index contributed by atoms with van der Waals surface area (Å²) in [5.74, 6) is -0.125. The van der Waals surface area contributed by atoms with Gasteiger partial charge in [-0.05, 0) is 13.8 Å². The van der Waals surface area contributed by atoms with Crippen LogP contribution in [0.25, 0.3) is 0 Å². The molecule has 0 aliphatic carbocycles. The summed E-state index contributed by atoms with van der Waals surface area (Å²) < 4.78 is 10.4. The average molecular weight is 245 g/mol. The molecule has 1 aliphatic rings. The Labute approximate surface area is 103 Å². The van der Waals surface area contributed by atoms with E-state index < -0.39 is 11.2 Å². The lowest BCUT2D eigenvalue weighted by Crippen LogP contribution is -2.52. The molecule has 0 aromatic carbocycles. The number of carbonyl (C=O) groups is 1. The van der Waals surface area contributed by atoms with Gasteiger partial charge in [0, 0.05) is 46.8 Å². The van der Waals surface area contributed by atoms with Crippen molar-refractivity contribution in [2.45, 2.75) is 37.9 Å². The third-order valence-electron chi connectivity index (χ3n) is 3.33. The van der Waals surface area contributed by atoms with Crippen LogP contribution >= 0.6 is 0 Å². The number of likely N-dealkylation sites (N-methyl/N-ethyl adjacent to an activating group) is 1. The van der Waals surface area contributed by atoms with Crippen LogP contribution in [-0.2, 0) is 14.3 Å². The van der Waals surface area contributed by atoms with Gasteiger partial charge in [0.1, 0.15) is 5.60 Å². The Morgan fingerprint density at radius 3 is 2.47 bits per heavy atom. The lowest BCUT2D eigenvalue weighted by Gasteiger charge is -2.37. The molecule has 5 heteroatoms. The van der Waals surface area contributed by atoms with Gasteiger partial charge < -0.3 is 19.5 Å². The minimum absolute atomic E-state index is 0.125. The SMILES string of the molecule is COC(C)(C)C(=O)N(C)CC1(O)CCOCC1. The number of aliphatic hydroxyl groups is 1. The first-order chi connectivity index (χ1) is 7.81. The van der Waals surface area contributed by atoms with E-state index in [4.69, 9.17) is 9.47 Å². The third kappa shape index (κ3) is 3.66. The van der Waals surface area contributed by atoms with Crippen molar-refractivity contribution in [2.75, 3.05) is 33.9 Å². The summed E-state index contributed by atoms with van der Waals surface area (Å²) in [6.07, 6.45) is 1.13. The maximum Gasteiger partial charge on any atom is 0.254 e. The second kappa shape index (κ2) is 5.33. The van der Waals surface area contributed by atoms with Gasteiger partial charge in [0.2, 0.25) is 0 Å². The molecule has 100 valence electrons. The van der Waals surface area contributed by atoms with E-state index >= 15 is 0 Å². The van der Waals surface area contributed by atoms with Crippen molar-refractivity contribution in [1.29, 1.82) is 0 Å². The predicted molar refractivity (Wildman–Crippen MR) is 63.7 cm³/mol. The summed E-state index contributed by atoms with van der Waals surface area (Å²) in [6.45, 7) is 4.86. The van der Waals surface area contributed by atoms with E-state index in [0.29, 0.717) is 32.6 Å². The van der Waals surface area contributed by atoms with E-state index in [1.54, 1.807) is 20.9 Å². The number of ether oxygens (including phenoxy) is 2. The van der Waals surface area contributed by atoms with E-state index in [1.165, 1.54) is 12.0 Å². The summed E-state index contributed by atoms with van der Waals surface area (Å²) >= 11 is 0. The third-order valence-corrected chi connectivity index (χ3v) is 3.33. The van der Waals surface area contributed by atoms with E-state index in [0.717, 1.165) is 0 Å². The van der Waals surface area contributed by atoms with Gasteiger partial charge in [-0.25, -0.2) is 0 Å². The molecule has 1 aliphatic heterocycles. The van der Waals surface area contributed by atoms with Crippen LogP contribution < -0.4 is 0 Å². The lowest BCUT2D eigenvalue weighted by molar-refractivity contribution is -0.155. The van der Waals surface area contributed by atoms with Crippen molar-refractivity contribution in [1.82, 2.24) is 4.90 Å². The van der Waals surface area contributed by atoms with Gasteiger partial charge in [-0.1, -0.05) is 0 Å². The van der Waals surface area contributed by atoms with Crippen molar-refractivity contribution in [2.24, 2.45) is 0 Å². The van der Waals surface area contributed by atoms with E-state index in [-0.39, 0.29) is 5.91 Å². The predicted octanol–water partition coefficient (Wildman–Crippen LogP) is 0.411. The molecule has 1 fully saturated rings. The second-order valence-corrected chi connectivity index (χ2v) is 5.21. The Kier molecular flexibility index (Phi) is 4.52. The first-order valence-corrected chi connectivity index (χ1v) is 5.92. The zero-order valence-electron chi connectivity index (χ0n) is 11.2. The van der Waals surface area contributed by atoms with Gasteiger partial charge >= 0.3 is 0 Å². The minimum atomic E-state index is -0.851. The van der Waals surface area contributed by atoms with E-state index in [9.17, 15) is 9.90 Å². The highest BCUT2D eigenvalue weighted by atomic mass is 16.5. The van der Waals surface area contributed by atoms with Crippen LogP contribution in [0, 0.1) is 0 Å². The van der Waals surface area contributed by atoms with Crippen LogP contribution in [0.2, 0.25) is 0 Å². The quantitative estimate of drug-likeness (QED) is 0.779. The summed E-state index contributed by atoms with van der Waals surface area (Å²) in [5.41, 5.74) is -1.68. The molecule has 0 saturated carbocycles. The number of nitrogens with zero attached hydrogens (tertiary/aromatic N) is 1. The molecular weight excluding hydrogens is 222 g/mol. The fourth-order valence-corrected chi connectivity index (χ4v) is 1.97. The van der Waals surface area contributed by atoms with Gasteiger partial charge in [0.15, 0.2) is 0 Å². The molecule has 0 atom stereocenters. The highest BCUT2D eigenvalue weighted by Gasteiger charge is 2.36. The normalized spacial score (nSPS) is 20.1. The maximum absolute atomic E-state index is 12.1. The van der Waals surface area contributed by atoms with Gasteiger partial charge in [-0.3, -0.25) is 4.79 Å². The molecule has 0 spiro atoms. The Balaban J connectivity index is 2.59. The molecule has 5 nitrogen and oxygen atoms in total. The molecular formula is C12H23NO4. The molecule has 0 radical (unpaired) electrons. The molecule has 1 saturated heterocycles. The monoisotopic (exact) mass is 245 g/mol. The van der Waals surface area contributed by atoms with Crippen molar-refractivity contribution in [3.63, 3.8) is 0 Å². The molecule has 0 unspecified atom stereocenters. The number of methoxy groups -OCH3 is 1. The van der Waals surface area contributed by atoms with Gasteiger partial charge in [0.25, 0.3) is 5.91 Å². The number of carbonyl (C=O) groups excluding carboxylic acids is 1.